The van der Waals surface area contributed by atoms with Crippen molar-refractivity contribution in [1.29, 1.82) is 0 Å². The number of hydroxylamine groups is 2. The second-order valence-corrected chi connectivity index (χ2v) is 9.19. The number of methoxy groups -OCH3 is 1. The number of benzene rings is 3. The van der Waals surface area contributed by atoms with Crippen LogP contribution < -0.4 is 15.4 Å². The number of amides is 3. The van der Waals surface area contributed by atoms with Gasteiger partial charge in [0.2, 0.25) is 12.3 Å². The highest BCUT2D eigenvalue weighted by atomic mass is 16.7. The number of hydrogen-bond donors (Lipinski definition) is 2. The molecule has 0 aliphatic rings. The molecule has 3 aromatic rings. The molecule has 0 heterocycles. The number of nitrogens with one attached hydrogen (secondary N) is 2. The van der Waals surface area contributed by atoms with Crippen molar-refractivity contribution in [2.24, 2.45) is 5.92 Å². The van der Waals surface area contributed by atoms with Gasteiger partial charge in [-0.25, -0.2) is 5.06 Å². The second-order valence-electron chi connectivity index (χ2n) is 9.19. The van der Waals surface area contributed by atoms with Crippen molar-refractivity contribution in [2.75, 3.05) is 20.3 Å². The number of hydrogen-bond acceptors (Lipinski definition) is 5. The Morgan fingerprint density at radius 2 is 1.67 bits per heavy atom. The van der Waals surface area contributed by atoms with Gasteiger partial charge in [-0.3, -0.25) is 19.2 Å². The van der Waals surface area contributed by atoms with Gasteiger partial charge in [0.25, 0.3) is 5.91 Å². The summed E-state index contributed by atoms with van der Waals surface area (Å²) in [7, 11) is 1.61. The van der Waals surface area contributed by atoms with E-state index in [2.05, 4.69) is 17.6 Å². The molecule has 206 valence electrons. The summed E-state index contributed by atoms with van der Waals surface area (Å²) in [4.78, 5) is 43.1. The molecule has 39 heavy (non-hydrogen) atoms. The summed E-state index contributed by atoms with van der Waals surface area (Å²) in [6.45, 7) is 2.42. The minimum Gasteiger partial charge on any atom is -0.497 e. The first-order valence-corrected chi connectivity index (χ1v) is 13.2. The molecule has 0 saturated carbocycles. The number of rotatable bonds is 16. The Morgan fingerprint density at radius 3 is 2.38 bits per heavy atom. The third-order valence-corrected chi connectivity index (χ3v) is 6.32. The molecule has 0 bridgehead atoms. The highest BCUT2D eigenvalue weighted by molar-refractivity contribution is 5.95. The summed E-state index contributed by atoms with van der Waals surface area (Å²) in [5.41, 5.74) is 3.22. The lowest BCUT2D eigenvalue weighted by molar-refractivity contribution is -0.182. The minimum absolute atomic E-state index is 0.0305. The van der Waals surface area contributed by atoms with Gasteiger partial charge >= 0.3 is 0 Å². The van der Waals surface area contributed by atoms with Crippen molar-refractivity contribution in [3.63, 3.8) is 0 Å². The van der Waals surface area contributed by atoms with E-state index in [9.17, 15) is 14.4 Å². The van der Waals surface area contributed by atoms with E-state index >= 15 is 0 Å². The van der Waals surface area contributed by atoms with Crippen molar-refractivity contribution in [1.82, 2.24) is 15.7 Å². The third-order valence-electron chi connectivity index (χ3n) is 6.32. The zero-order valence-corrected chi connectivity index (χ0v) is 22.6. The summed E-state index contributed by atoms with van der Waals surface area (Å²) < 4.78 is 5.29. The average Bonchev–Trinajstić information content (AvgIpc) is 2.98. The monoisotopic (exact) mass is 531 g/mol. The van der Waals surface area contributed by atoms with E-state index in [1.54, 1.807) is 19.2 Å². The number of carbonyl (C=O) groups excluding carboxylic acids is 3. The summed E-state index contributed by atoms with van der Waals surface area (Å²) in [6.07, 6.45) is 4.05. The molecule has 8 heteroatoms. The number of ether oxygens (including phenoxy) is 1. The van der Waals surface area contributed by atoms with Crippen LogP contribution in [0.4, 0.5) is 0 Å². The van der Waals surface area contributed by atoms with Crippen LogP contribution in [0, 0.1) is 5.92 Å². The molecule has 3 amide bonds. The molecule has 0 aliphatic carbocycles. The number of unbranched alkanes of at least 4 members (excludes halogenated alkanes) is 2. The van der Waals surface area contributed by atoms with Crippen molar-refractivity contribution >= 4 is 18.2 Å². The maximum Gasteiger partial charge on any atom is 0.252 e. The van der Waals surface area contributed by atoms with Gasteiger partial charge in [0.15, 0.2) is 0 Å². The zero-order chi connectivity index (χ0) is 27.9. The van der Waals surface area contributed by atoms with Crippen LogP contribution in [-0.4, -0.2) is 43.6 Å². The summed E-state index contributed by atoms with van der Waals surface area (Å²) in [5, 5.41) is 6.72. The van der Waals surface area contributed by atoms with Crippen LogP contribution >= 0.6 is 0 Å². The van der Waals surface area contributed by atoms with E-state index in [0.29, 0.717) is 18.4 Å². The molecule has 1 atom stereocenters. The van der Waals surface area contributed by atoms with Gasteiger partial charge in [0, 0.05) is 5.56 Å². The first-order valence-electron chi connectivity index (χ1n) is 13.2. The van der Waals surface area contributed by atoms with Crippen LogP contribution in [0.3, 0.4) is 0 Å². The fraction of sp³-hybridized carbons (Fsp3) is 0.323. The van der Waals surface area contributed by atoms with Crippen molar-refractivity contribution in [3.8, 4) is 16.9 Å². The predicted molar refractivity (Wildman–Crippen MR) is 151 cm³/mol. The second kappa shape index (κ2) is 15.9. The van der Waals surface area contributed by atoms with E-state index in [4.69, 9.17) is 9.57 Å². The van der Waals surface area contributed by atoms with E-state index in [0.717, 1.165) is 41.7 Å². The van der Waals surface area contributed by atoms with Crippen LogP contribution in [0.15, 0.2) is 78.9 Å². The Labute approximate surface area is 230 Å². The molecule has 0 aromatic heterocycles. The van der Waals surface area contributed by atoms with Gasteiger partial charge in [-0.05, 0) is 47.4 Å². The first-order chi connectivity index (χ1) is 19.0. The highest BCUT2D eigenvalue weighted by Gasteiger charge is 2.22. The molecule has 0 saturated heterocycles. The smallest absolute Gasteiger partial charge is 0.252 e. The molecule has 0 spiro atoms. The topological polar surface area (TPSA) is 97.0 Å². The molecule has 0 radical (unpaired) electrons. The molecule has 3 rings (SSSR count). The molecule has 0 unspecified atom stereocenters. The molecule has 0 fully saturated rings. The van der Waals surface area contributed by atoms with E-state index < -0.39 is 5.92 Å². The molecule has 3 aromatic carbocycles. The van der Waals surface area contributed by atoms with Crippen LogP contribution in [0.5, 0.6) is 5.75 Å². The van der Waals surface area contributed by atoms with E-state index in [1.165, 1.54) is 5.06 Å². The highest BCUT2D eigenvalue weighted by Crippen LogP contribution is 2.24. The normalized spacial score (nSPS) is 11.3. The van der Waals surface area contributed by atoms with Crippen LogP contribution in [0.1, 0.15) is 48.5 Å². The molecule has 8 nitrogen and oxygen atoms in total. The van der Waals surface area contributed by atoms with Crippen LogP contribution in [-0.2, 0) is 21.0 Å². The summed E-state index contributed by atoms with van der Waals surface area (Å²) in [6, 6.07) is 24.4. The standard InChI is InChI=1S/C31H37N3O5/c1-3-4-6-13-28(20-34(23-35)39-21-24-11-7-5-8-12-24)31(37)33-22-32-30(36)27-16-9-14-25(18-27)26-15-10-17-29(19-26)38-2/h5,7-12,14-19,23,28H,3-4,6,13,20-22H2,1-2H3,(H,32,36)(H,33,37)/t28-/m1/s1. The van der Waals surface area contributed by atoms with Gasteiger partial charge < -0.3 is 15.4 Å². The van der Waals surface area contributed by atoms with Gasteiger partial charge in [0.1, 0.15) is 12.4 Å². The Morgan fingerprint density at radius 1 is 0.923 bits per heavy atom. The maximum atomic E-state index is 13.0. The lowest BCUT2D eigenvalue weighted by Gasteiger charge is -2.23. The van der Waals surface area contributed by atoms with Gasteiger partial charge in [-0.1, -0.05) is 80.8 Å². The van der Waals surface area contributed by atoms with E-state index in [-0.39, 0.29) is 31.6 Å². The molecule has 0 aliphatic heterocycles. The average molecular weight is 532 g/mol. The number of carbonyl (C=O) groups is 3. The summed E-state index contributed by atoms with van der Waals surface area (Å²) in [5.74, 6) is -0.280. The maximum absolute atomic E-state index is 13.0. The Bertz CT molecular complexity index is 1200. The zero-order valence-electron chi connectivity index (χ0n) is 22.6. The van der Waals surface area contributed by atoms with Crippen LogP contribution in [0.2, 0.25) is 0 Å². The van der Waals surface area contributed by atoms with Gasteiger partial charge in [-0.15, -0.1) is 0 Å². The van der Waals surface area contributed by atoms with E-state index in [1.807, 2.05) is 66.7 Å². The predicted octanol–water partition coefficient (Wildman–Crippen LogP) is 4.95. The lowest BCUT2D eigenvalue weighted by atomic mass is 10.00. The Hall–Kier alpha value is -4.17. The molecular weight excluding hydrogens is 494 g/mol. The Kier molecular flexibility index (Phi) is 12.0. The van der Waals surface area contributed by atoms with Crippen molar-refractivity contribution in [2.45, 2.75) is 39.2 Å². The molecular formula is C31H37N3O5. The first kappa shape index (κ1) is 29.4. The van der Waals surface area contributed by atoms with Gasteiger partial charge in [-0.2, -0.15) is 0 Å². The fourth-order valence-electron chi connectivity index (χ4n) is 4.12. The third kappa shape index (κ3) is 9.57. The number of nitrogens with zero attached hydrogens (tertiary/aromatic N) is 1. The lowest BCUT2D eigenvalue weighted by Crippen LogP contribution is -2.43. The Balaban J connectivity index is 1.55. The van der Waals surface area contributed by atoms with Crippen molar-refractivity contribution in [3.05, 3.63) is 90.0 Å². The molecule has 2 N–H and O–H groups in total. The fourth-order valence-corrected chi connectivity index (χ4v) is 4.12. The van der Waals surface area contributed by atoms with Crippen LogP contribution in [0.25, 0.3) is 11.1 Å². The SMILES string of the molecule is CCCCC[C@H](CN(C=O)OCc1ccccc1)C(=O)NCNC(=O)c1cccc(-c2cccc(OC)c2)c1. The minimum atomic E-state index is -0.467. The quantitative estimate of drug-likeness (QED) is 0.118. The van der Waals surface area contributed by atoms with Crippen molar-refractivity contribution < 1.29 is 24.0 Å². The van der Waals surface area contributed by atoms with Gasteiger partial charge in [0.05, 0.1) is 26.2 Å². The summed E-state index contributed by atoms with van der Waals surface area (Å²) >= 11 is 0. The largest absolute Gasteiger partial charge is 0.497 e.